The van der Waals surface area contributed by atoms with E-state index in [-0.39, 0.29) is 17.9 Å². The molecule has 4 nitrogen and oxygen atoms in total. The lowest BCUT2D eigenvalue weighted by Crippen LogP contribution is -2.92. The fourth-order valence-corrected chi connectivity index (χ4v) is 4.13. The summed E-state index contributed by atoms with van der Waals surface area (Å²) in [6.45, 7) is 2.86. The third kappa shape index (κ3) is 3.62. The van der Waals surface area contributed by atoms with Gasteiger partial charge in [-0.1, -0.05) is 24.3 Å². The molecule has 0 spiro atoms. The zero-order valence-electron chi connectivity index (χ0n) is 14.4. The van der Waals surface area contributed by atoms with Crippen LogP contribution in [0.4, 0.5) is 0 Å². The molecule has 0 radical (unpaired) electrons. The average Bonchev–Trinajstić information content (AvgIpc) is 3.12. The number of aromatic amines is 1. The van der Waals surface area contributed by atoms with Gasteiger partial charge in [0, 0.05) is 28.0 Å². The van der Waals surface area contributed by atoms with Crippen molar-refractivity contribution in [1.82, 2.24) is 10.3 Å². The Morgan fingerprint density at radius 2 is 2.16 bits per heavy atom. The maximum atomic E-state index is 12.2. The van der Waals surface area contributed by atoms with Gasteiger partial charge in [-0.3, -0.25) is 4.79 Å². The minimum atomic E-state index is -0.0618. The highest BCUT2D eigenvalue weighted by atomic mass is 32.1. The van der Waals surface area contributed by atoms with E-state index in [4.69, 9.17) is 0 Å². The van der Waals surface area contributed by atoms with Crippen molar-refractivity contribution in [1.29, 1.82) is 0 Å². The van der Waals surface area contributed by atoms with Gasteiger partial charge in [-0.05, 0) is 42.8 Å². The summed E-state index contributed by atoms with van der Waals surface area (Å²) in [4.78, 5) is 17.0. The highest BCUT2D eigenvalue weighted by Crippen LogP contribution is 2.32. The number of nitrogens with two attached hydrogens (primary N) is 1. The highest BCUT2D eigenvalue weighted by molar-refractivity contribution is 7.10. The van der Waals surface area contributed by atoms with Crippen molar-refractivity contribution in [3.05, 3.63) is 58.4 Å². The first-order chi connectivity index (χ1) is 12.2. The monoisotopic (exact) mass is 354 g/mol. The van der Waals surface area contributed by atoms with Crippen LogP contribution >= 0.6 is 11.3 Å². The number of amides is 1. The maximum absolute atomic E-state index is 12.2. The maximum Gasteiger partial charge on any atom is 0.278 e. The summed E-state index contributed by atoms with van der Waals surface area (Å²) in [5, 5.41) is 8.67. The average molecular weight is 354 g/mol. The summed E-state index contributed by atoms with van der Waals surface area (Å²) in [7, 11) is 0. The van der Waals surface area contributed by atoms with Gasteiger partial charge in [0.2, 0.25) is 0 Å². The third-order valence-corrected chi connectivity index (χ3v) is 5.93. The number of H-pyrrole nitrogens is 1. The van der Waals surface area contributed by atoms with Gasteiger partial charge in [0.15, 0.2) is 6.04 Å². The van der Waals surface area contributed by atoms with E-state index in [2.05, 4.69) is 63.6 Å². The van der Waals surface area contributed by atoms with Gasteiger partial charge in [-0.25, -0.2) is 0 Å². The van der Waals surface area contributed by atoms with Gasteiger partial charge < -0.3 is 15.6 Å². The van der Waals surface area contributed by atoms with Crippen LogP contribution < -0.4 is 10.6 Å². The summed E-state index contributed by atoms with van der Waals surface area (Å²) < 4.78 is 0. The van der Waals surface area contributed by atoms with E-state index >= 15 is 0 Å². The number of nitrogens with one attached hydrogen (secondary N) is 2. The zero-order chi connectivity index (χ0) is 17.2. The van der Waals surface area contributed by atoms with E-state index in [1.54, 1.807) is 11.3 Å². The summed E-state index contributed by atoms with van der Waals surface area (Å²) in [5.74, 6) is 0.443. The number of para-hydroxylation sites is 1. The molecule has 0 saturated heterocycles. The Morgan fingerprint density at radius 3 is 2.92 bits per heavy atom. The second-order valence-corrected chi connectivity index (χ2v) is 7.88. The second-order valence-electron chi connectivity index (χ2n) is 6.90. The fraction of sp³-hybridized carbons (Fsp3) is 0.350. The highest BCUT2D eigenvalue weighted by Gasteiger charge is 2.28. The molecular formula is C20H24N3OS+. The van der Waals surface area contributed by atoms with Crippen LogP contribution in [0.1, 0.15) is 36.1 Å². The fourth-order valence-electron chi connectivity index (χ4n) is 3.28. The molecular weight excluding hydrogens is 330 g/mol. The molecule has 0 unspecified atom stereocenters. The Kier molecular flexibility index (Phi) is 4.59. The molecule has 1 aliphatic rings. The number of aromatic nitrogens is 1. The van der Waals surface area contributed by atoms with E-state index in [1.165, 1.54) is 21.3 Å². The van der Waals surface area contributed by atoms with Crippen molar-refractivity contribution >= 4 is 28.1 Å². The van der Waals surface area contributed by atoms with E-state index in [0.717, 1.165) is 19.4 Å². The first-order valence-corrected chi connectivity index (χ1v) is 9.83. The Bertz CT molecular complexity index is 851. The van der Waals surface area contributed by atoms with Gasteiger partial charge >= 0.3 is 0 Å². The van der Waals surface area contributed by atoms with Crippen LogP contribution in [-0.4, -0.2) is 29.5 Å². The first-order valence-electron chi connectivity index (χ1n) is 8.95. The minimum Gasteiger partial charge on any atom is -0.361 e. The van der Waals surface area contributed by atoms with Crippen molar-refractivity contribution in [3.8, 4) is 0 Å². The SMILES string of the molecule is C[C@@H]([NH2+]C[C@@H](c1cccs1)c1c[nH]c2ccccc12)C(=O)NC1CC1. The number of carbonyl (C=O) groups is 1. The van der Waals surface area contributed by atoms with Gasteiger partial charge in [0.25, 0.3) is 5.91 Å². The predicted octanol–water partition coefficient (Wildman–Crippen LogP) is 2.59. The number of fused-ring (bicyclic) bond motifs is 1. The van der Waals surface area contributed by atoms with E-state index in [1.807, 2.05) is 6.92 Å². The van der Waals surface area contributed by atoms with Crippen LogP contribution in [0.25, 0.3) is 10.9 Å². The van der Waals surface area contributed by atoms with Crippen molar-refractivity contribution in [2.75, 3.05) is 6.54 Å². The molecule has 2 aromatic heterocycles. The molecule has 1 amide bonds. The van der Waals surface area contributed by atoms with Gasteiger partial charge in [-0.2, -0.15) is 0 Å². The number of hydrogen-bond donors (Lipinski definition) is 3. The van der Waals surface area contributed by atoms with Gasteiger partial charge in [-0.15, -0.1) is 11.3 Å². The molecule has 130 valence electrons. The van der Waals surface area contributed by atoms with Crippen LogP contribution in [-0.2, 0) is 4.79 Å². The van der Waals surface area contributed by atoms with Crippen molar-refractivity contribution in [2.45, 2.75) is 37.8 Å². The quantitative estimate of drug-likeness (QED) is 0.600. The second kappa shape index (κ2) is 7.02. The standard InChI is InChI=1S/C20H23N3OS/c1-13(20(24)23-14-8-9-14)21-12-17(19-7-4-10-25-19)16-11-22-18-6-3-2-5-15(16)18/h2-7,10-11,13-14,17,21-22H,8-9,12H2,1H3,(H,23,24)/p+1/t13-,17-/m1/s1. The van der Waals surface area contributed by atoms with Crippen LogP contribution in [0.3, 0.4) is 0 Å². The summed E-state index contributed by atoms with van der Waals surface area (Å²) >= 11 is 1.78. The van der Waals surface area contributed by atoms with Crippen molar-refractivity contribution in [3.63, 3.8) is 0 Å². The molecule has 2 atom stereocenters. The largest absolute Gasteiger partial charge is 0.361 e. The lowest BCUT2D eigenvalue weighted by molar-refractivity contribution is -0.674. The molecule has 1 saturated carbocycles. The molecule has 25 heavy (non-hydrogen) atoms. The predicted molar refractivity (Wildman–Crippen MR) is 102 cm³/mol. The summed E-state index contributed by atoms with van der Waals surface area (Å²) in [6, 6.07) is 13.1. The molecule has 4 N–H and O–H groups in total. The topological polar surface area (TPSA) is 61.5 Å². The first kappa shape index (κ1) is 16.4. The van der Waals surface area contributed by atoms with Crippen LogP contribution in [0.15, 0.2) is 48.0 Å². The smallest absolute Gasteiger partial charge is 0.278 e. The molecule has 4 rings (SSSR count). The van der Waals surface area contributed by atoms with E-state index < -0.39 is 0 Å². The molecule has 0 bridgehead atoms. The van der Waals surface area contributed by atoms with Crippen LogP contribution in [0, 0.1) is 0 Å². The van der Waals surface area contributed by atoms with Crippen LogP contribution in [0.2, 0.25) is 0 Å². The lowest BCUT2D eigenvalue weighted by atomic mass is 9.96. The Hall–Kier alpha value is -2.11. The van der Waals surface area contributed by atoms with Crippen LogP contribution in [0.5, 0.6) is 0 Å². The van der Waals surface area contributed by atoms with Gasteiger partial charge in [0.1, 0.15) is 0 Å². The van der Waals surface area contributed by atoms with Crippen molar-refractivity contribution < 1.29 is 10.1 Å². The Morgan fingerprint density at radius 1 is 1.32 bits per heavy atom. The molecule has 1 aromatic carbocycles. The molecule has 1 fully saturated rings. The zero-order valence-corrected chi connectivity index (χ0v) is 15.2. The van der Waals surface area contributed by atoms with Crippen molar-refractivity contribution in [2.24, 2.45) is 0 Å². The molecule has 1 aliphatic carbocycles. The molecule has 2 heterocycles. The number of quaternary nitrogens is 1. The Labute approximate surface area is 151 Å². The third-order valence-electron chi connectivity index (χ3n) is 4.95. The Balaban J connectivity index is 1.54. The van der Waals surface area contributed by atoms with E-state index in [9.17, 15) is 4.79 Å². The molecule has 0 aliphatic heterocycles. The number of carbonyl (C=O) groups excluding carboxylic acids is 1. The molecule has 5 heteroatoms. The number of hydrogen-bond acceptors (Lipinski definition) is 2. The summed E-state index contributed by atoms with van der Waals surface area (Å²) in [5.41, 5.74) is 2.47. The molecule has 3 aromatic rings. The van der Waals surface area contributed by atoms with E-state index in [0.29, 0.717) is 6.04 Å². The number of rotatable bonds is 7. The number of thiophene rings is 1. The summed E-state index contributed by atoms with van der Waals surface area (Å²) in [6.07, 6.45) is 4.38. The number of benzene rings is 1. The van der Waals surface area contributed by atoms with Gasteiger partial charge in [0.05, 0.1) is 12.5 Å². The lowest BCUT2D eigenvalue weighted by Gasteiger charge is -2.17. The normalized spacial score (nSPS) is 16.7. The minimum absolute atomic E-state index is 0.0618.